The van der Waals surface area contributed by atoms with Gasteiger partial charge in [0.05, 0.1) is 17.6 Å². The number of halogens is 1. The second kappa shape index (κ2) is 9.23. The maximum atomic E-state index is 15.7. The van der Waals surface area contributed by atoms with Gasteiger partial charge < -0.3 is 19.1 Å². The van der Waals surface area contributed by atoms with Crippen molar-refractivity contribution in [1.29, 1.82) is 0 Å². The summed E-state index contributed by atoms with van der Waals surface area (Å²) in [5.74, 6) is -1.47. The van der Waals surface area contributed by atoms with Crippen LogP contribution in [0.4, 0.5) is 31.2 Å². The Hall–Kier alpha value is -3.02. The van der Waals surface area contributed by atoms with E-state index < -0.39 is 45.5 Å². The average molecular weight is 456 g/mol. The van der Waals surface area contributed by atoms with E-state index in [1.807, 2.05) is 0 Å². The molecule has 0 aromatic carbocycles. The van der Waals surface area contributed by atoms with E-state index in [-0.39, 0.29) is 36.5 Å². The first-order valence-electron chi connectivity index (χ1n) is 10.1. The van der Waals surface area contributed by atoms with Gasteiger partial charge in [0.1, 0.15) is 17.4 Å². The number of hydrogen-bond donors (Lipinski definition) is 0. The third-order valence-electron chi connectivity index (χ3n) is 4.07. The highest BCUT2D eigenvalue weighted by Crippen LogP contribution is 2.37. The van der Waals surface area contributed by atoms with Gasteiger partial charge in [0, 0.05) is 13.1 Å². The number of morpholine rings is 1. The topological polar surface area (TPSA) is 124 Å². The maximum Gasteiger partial charge on any atom is 0.424 e. The van der Waals surface area contributed by atoms with Gasteiger partial charge in [-0.1, -0.05) is 0 Å². The Bertz CT molecular complexity index is 867. The van der Waals surface area contributed by atoms with Crippen molar-refractivity contribution >= 4 is 29.4 Å². The molecule has 0 bridgehead atoms. The number of imide groups is 1. The first-order chi connectivity index (χ1) is 14.6. The van der Waals surface area contributed by atoms with Crippen molar-refractivity contribution in [1.82, 2.24) is 4.98 Å². The summed E-state index contributed by atoms with van der Waals surface area (Å²) in [5.41, 5.74) is -3.93. The van der Waals surface area contributed by atoms with Gasteiger partial charge in [0.2, 0.25) is 0 Å². The van der Waals surface area contributed by atoms with E-state index in [0.717, 1.165) is 6.20 Å². The molecule has 0 N–H and O–H groups in total. The van der Waals surface area contributed by atoms with Gasteiger partial charge >= 0.3 is 17.9 Å². The average Bonchev–Trinajstić information content (AvgIpc) is 2.59. The molecule has 2 heterocycles. The van der Waals surface area contributed by atoms with Crippen molar-refractivity contribution in [3.05, 3.63) is 22.1 Å². The molecule has 0 spiro atoms. The molecule has 2 amide bonds. The molecule has 0 unspecified atom stereocenters. The Labute approximate surface area is 185 Å². The summed E-state index contributed by atoms with van der Waals surface area (Å²) in [6, 6.07) is 0. The normalized spacial score (nSPS) is 17.0. The van der Waals surface area contributed by atoms with E-state index in [4.69, 9.17) is 14.2 Å². The number of aromatic nitrogens is 1. The van der Waals surface area contributed by atoms with Crippen molar-refractivity contribution in [2.24, 2.45) is 0 Å². The van der Waals surface area contributed by atoms with Crippen LogP contribution in [0.1, 0.15) is 48.5 Å². The van der Waals surface area contributed by atoms with Gasteiger partial charge in [-0.3, -0.25) is 10.1 Å². The number of ether oxygens (including phenoxy) is 3. The molecule has 0 saturated carbocycles. The quantitative estimate of drug-likeness (QED) is 0.489. The number of rotatable bonds is 3. The zero-order valence-electron chi connectivity index (χ0n) is 19.3. The first kappa shape index (κ1) is 25.2. The van der Waals surface area contributed by atoms with E-state index in [9.17, 15) is 19.7 Å². The molecule has 178 valence electrons. The van der Waals surface area contributed by atoms with E-state index in [1.54, 1.807) is 6.92 Å². The van der Waals surface area contributed by atoms with Crippen molar-refractivity contribution in [2.75, 3.05) is 29.5 Å². The minimum Gasteiger partial charge on any atom is -0.443 e. The molecule has 1 aliphatic rings. The fourth-order valence-corrected chi connectivity index (χ4v) is 2.91. The molecule has 32 heavy (non-hydrogen) atoms. The zero-order chi connectivity index (χ0) is 24.4. The molecular formula is C20H29FN4O7. The number of anilines is 2. The molecule has 12 heteroatoms. The highest BCUT2D eigenvalue weighted by atomic mass is 19.1. The molecular weight excluding hydrogens is 427 g/mol. The number of pyridine rings is 1. The predicted octanol–water partition coefficient (Wildman–Crippen LogP) is 4.03. The number of carbonyl (C=O) groups excluding carboxylic acids is 2. The highest BCUT2D eigenvalue weighted by molar-refractivity contribution is 6.11. The lowest BCUT2D eigenvalue weighted by molar-refractivity contribution is -0.384. The third-order valence-corrected chi connectivity index (χ3v) is 4.07. The van der Waals surface area contributed by atoms with Gasteiger partial charge in [0.15, 0.2) is 17.3 Å². The lowest BCUT2D eigenvalue weighted by atomic mass is 10.2. The van der Waals surface area contributed by atoms with Crippen LogP contribution in [0.25, 0.3) is 0 Å². The molecule has 1 aromatic heterocycles. The van der Waals surface area contributed by atoms with Gasteiger partial charge in [-0.15, -0.1) is 0 Å². The van der Waals surface area contributed by atoms with Crippen LogP contribution in [0, 0.1) is 15.9 Å². The largest absolute Gasteiger partial charge is 0.443 e. The van der Waals surface area contributed by atoms with Crippen molar-refractivity contribution in [3.63, 3.8) is 0 Å². The molecule has 0 radical (unpaired) electrons. The Morgan fingerprint density at radius 1 is 1.22 bits per heavy atom. The summed E-state index contributed by atoms with van der Waals surface area (Å²) in [6.07, 6.45) is -2.07. The molecule has 1 fully saturated rings. The Morgan fingerprint density at radius 2 is 1.75 bits per heavy atom. The van der Waals surface area contributed by atoms with Crippen LogP contribution < -0.4 is 9.80 Å². The van der Waals surface area contributed by atoms with Crippen LogP contribution >= 0.6 is 0 Å². The van der Waals surface area contributed by atoms with Gasteiger partial charge in [-0.2, -0.15) is 4.90 Å². The van der Waals surface area contributed by atoms with Crippen LogP contribution in [0.3, 0.4) is 0 Å². The summed E-state index contributed by atoms with van der Waals surface area (Å²) in [7, 11) is 0. The SMILES string of the molecule is C[C@@H]1CN(c2ncc([N+](=O)[O-])c(N(C(=O)OC(C)(C)C)C(=O)OC(C)(C)C)c2F)CCO1. The number of hydrogen-bond acceptors (Lipinski definition) is 9. The van der Waals surface area contributed by atoms with Crippen LogP contribution in [0.5, 0.6) is 0 Å². The first-order valence-corrected chi connectivity index (χ1v) is 10.1. The third kappa shape index (κ3) is 6.25. The summed E-state index contributed by atoms with van der Waals surface area (Å²) in [5, 5.41) is 11.7. The van der Waals surface area contributed by atoms with Crippen molar-refractivity contribution < 1.29 is 33.1 Å². The number of carbonyl (C=O) groups is 2. The van der Waals surface area contributed by atoms with Gasteiger partial charge in [-0.25, -0.2) is 19.0 Å². The predicted molar refractivity (Wildman–Crippen MR) is 113 cm³/mol. The maximum absolute atomic E-state index is 15.7. The fraction of sp³-hybridized carbons (Fsp3) is 0.650. The highest BCUT2D eigenvalue weighted by Gasteiger charge is 2.41. The second-order valence-electron chi connectivity index (χ2n) is 9.31. The smallest absolute Gasteiger partial charge is 0.424 e. The summed E-state index contributed by atoms with van der Waals surface area (Å²) in [4.78, 5) is 42.2. The van der Waals surface area contributed by atoms with Crippen molar-refractivity contribution in [2.45, 2.75) is 65.8 Å². The molecule has 1 aliphatic heterocycles. The zero-order valence-corrected chi connectivity index (χ0v) is 19.3. The Kier molecular flexibility index (Phi) is 7.28. The lowest BCUT2D eigenvalue weighted by Gasteiger charge is -2.33. The van der Waals surface area contributed by atoms with Crippen LogP contribution in [-0.2, 0) is 14.2 Å². The molecule has 11 nitrogen and oxygen atoms in total. The minimum atomic E-state index is -1.32. The van der Waals surface area contributed by atoms with Crippen LogP contribution in [-0.4, -0.2) is 59.1 Å². The molecule has 1 atom stereocenters. The van der Waals surface area contributed by atoms with Gasteiger partial charge in [0.25, 0.3) is 0 Å². The van der Waals surface area contributed by atoms with E-state index in [0.29, 0.717) is 0 Å². The number of nitrogens with zero attached hydrogens (tertiary/aromatic N) is 4. The summed E-state index contributed by atoms with van der Waals surface area (Å²) in [6.45, 7) is 11.8. The number of amides is 2. The van der Waals surface area contributed by atoms with E-state index in [2.05, 4.69) is 4.98 Å². The Balaban J connectivity index is 2.68. The molecule has 1 saturated heterocycles. The fourth-order valence-electron chi connectivity index (χ4n) is 2.91. The van der Waals surface area contributed by atoms with E-state index in [1.165, 1.54) is 46.4 Å². The number of nitro groups is 1. The monoisotopic (exact) mass is 456 g/mol. The minimum absolute atomic E-state index is 0.207. The molecule has 1 aromatic rings. The standard InChI is InChI=1S/C20H29FN4O7/c1-12-11-23(8-9-30-12)16-14(21)15(13(10-22-16)25(28)29)24(17(26)31-19(2,3)4)18(27)32-20(5,6)7/h10,12H,8-9,11H2,1-7H3/t12-/m1/s1. The molecule has 2 rings (SSSR count). The van der Waals surface area contributed by atoms with Crippen LogP contribution in [0.2, 0.25) is 0 Å². The molecule has 0 aliphatic carbocycles. The second-order valence-corrected chi connectivity index (χ2v) is 9.31. The lowest BCUT2D eigenvalue weighted by Crippen LogP contribution is -2.45. The van der Waals surface area contributed by atoms with E-state index >= 15 is 4.39 Å². The van der Waals surface area contributed by atoms with Gasteiger partial charge in [-0.05, 0) is 48.5 Å². The summed E-state index contributed by atoms with van der Waals surface area (Å²) >= 11 is 0. The summed E-state index contributed by atoms with van der Waals surface area (Å²) < 4.78 is 31.6. The van der Waals surface area contributed by atoms with Crippen LogP contribution in [0.15, 0.2) is 6.20 Å². The van der Waals surface area contributed by atoms with Crippen molar-refractivity contribution in [3.8, 4) is 0 Å². The Morgan fingerprint density at radius 3 is 2.19 bits per heavy atom.